The first kappa shape index (κ1) is 22.6. The monoisotopic (exact) mass is 463 g/mol. The van der Waals surface area contributed by atoms with Crippen LogP contribution in [0.2, 0.25) is 0 Å². The van der Waals surface area contributed by atoms with Gasteiger partial charge in [-0.3, -0.25) is 9.97 Å². The second-order valence-corrected chi connectivity index (χ2v) is 8.21. The van der Waals surface area contributed by atoms with Gasteiger partial charge in [0.05, 0.1) is 36.4 Å². The summed E-state index contributed by atoms with van der Waals surface area (Å²) in [5.74, 6) is 0.797. The summed E-state index contributed by atoms with van der Waals surface area (Å²) >= 11 is 0. The van der Waals surface area contributed by atoms with Crippen LogP contribution in [0.1, 0.15) is 17.2 Å². The Morgan fingerprint density at radius 1 is 0.800 bits per heavy atom. The number of pyridine rings is 2. The maximum absolute atomic E-state index is 9.61. The number of hydrogen-bond donors (Lipinski definition) is 3. The molecule has 3 heterocycles. The van der Waals surface area contributed by atoms with E-state index < -0.39 is 5.92 Å². The summed E-state index contributed by atoms with van der Waals surface area (Å²) in [7, 11) is 0. The highest BCUT2D eigenvalue weighted by Crippen LogP contribution is 2.34. The highest BCUT2D eigenvalue weighted by molar-refractivity contribution is 6.02. The molecule has 35 heavy (non-hydrogen) atoms. The van der Waals surface area contributed by atoms with E-state index in [0.29, 0.717) is 23.8 Å². The van der Waals surface area contributed by atoms with E-state index in [-0.39, 0.29) is 13.2 Å². The first-order valence-corrected chi connectivity index (χ1v) is 11.4. The maximum atomic E-state index is 9.61. The summed E-state index contributed by atoms with van der Waals surface area (Å²) in [6, 6.07) is 23.9. The average molecular weight is 464 g/mol. The zero-order chi connectivity index (χ0) is 24.0. The Hall–Kier alpha value is -4.20. The Morgan fingerprint density at radius 3 is 2.40 bits per heavy atom. The van der Waals surface area contributed by atoms with Gasteiger partial charge in [0.25, 0.3) is 0 Å². The van der Waals surface area contributed by atoms with E-state index in [2.05, 4.69) is 33.5 Å². The molecule has 7 heteroatoms. The van der Waals surface area contributed by atoms with Crippen LogP contribution in [0.25, 0.3) is 33.4 Å². The molecule has 0 aliphatic rings. The third kappa shape index (κ3) is 4.87. The second kappa shape index (κ2) is 10.4. The molecule has 3 aromatic heterocycles. The van der Waals surface area contributed by atoms with Gasteiger partial charge in [-0.2, -0.15) is 0 Å². The van der Waals surface area contributed by atoms with Gasteiger partial charge in [0.2, 0.25) is 0 Å². The number of rotatable bonds is 8. The van der Waals surface area contributed by atoms with Crippen LogP contribution in [-0.2, 0) is 6.54 Å². The third-order valence-corrected chi connectivity index (χ3v) is 5.90. The Kier molecular flexibility index (Phi) is 6.70. The van der Waals surface area contributed by atoms with Gasteiger partial charge in [-0.15, -0.1) is 0 Å². The van der Waals surface area contributed by atoms with Crippen LogP contribution in [0, 0.1) is 0 Å². The number of benzene rings is 2. The summed E-state index contributed by atoms with van der Waals surface area (Å²) in [6.45, 7) is 0.167. The minimum Gasteiger partial charge on any atom is -0.396 e. The fraction of sp³-hybridized carbons (Fsp3) is 0.143. The van der Waals surface area contributed by atoms with Gasteiger partial charge in [-0.05, 0) is 41.0 Å². The van der Waals surface area contributed by atoms with E-state index in [4.69, 9.17) is 9.97 Å². The van der Waals surface area contributed by atoms with Gasteiger partial charge in [0, 0.05) is 30.1 Å². The molecule has 0 aliphatic carbocycles. The van der Waals surface area contributed by atoms with Crippen LogP contribution in [0.15, 0.2) is 91.4 Å². The fourth-order valence-electron chi connectivity index (χ4n) is 4.05. The van der Waals surface area contributed by atoms with Crippen LogP contribution in [0.3, 0.4) is 0 Å². The number of fused-ring (bicyclic) bond motifs is 1. The lowest BCUT2D eigenvalue weighted by Crippen LogP contribution is -2.09. The van der Waals surface area contributed by atoms with Crippen molar-refractivity contribution in [3.05, 3.63) is 103 Å². The summed E-state index contributed by atoms with van der Waals surface area (Å²) < 4.78 is 0. The number of hydrogen-bond acceptors (Lipinski definition) is 7. The van der Waals surface area contributed by atoms with Crippen molar-refractivity contribution in [2.45, 2.75) is 12.5 Å². The number of nitrogens with zero attached hydrogens (tertiary/aromatic N) is 4. The van der Waals surface area contributed by atoms with E-state index in [1.807, 2.05) is 54.6 Å². The molecule has 3 N–H and O–H groups in total. The summed E-state index contributed by atoms with van der Waals surface area (Å²) in [5, 5.41) is 23.6. The molecule has 7 nitrogen and oxygen atoms in total. The summed E-state index contributed by atoms with van der Waals surface area (Å²) in [5.41, 5.74) is 5.25. The minimum atomic E-state index is -0.408. The Morgan fingerprint density at radius 2 is 1.63 bits per heavy atom. The van der Waals surface area contributed by atoms with E-state index >= 15 is 0 Å². The lowest BCUT2D eigenvalue weighted by molar-refractivity contribution is 0.192. The predicted octanol–water partition coefficient (Wildman–Crippen LogP) is 4.43. The average Bonchev–Trinajstić information content (AvgIpc) is 2.93. The van der Waals surface area contributed by atoms with Crippen molar-refractivity contribution in [2.75, 3.05) is 18.5 Å². The molecule has 0 aliphatic heterocycles. The highest BCUT2D eigenvalue weighted by Gasteiger charge is 2.16. The van der Waals surface area contributed by atoms with E-state index in [1.54, 1.807) is 18.6 Å². The molecule has 5 rings (SSSR count). The molecule has 0 saturated carbocycles. The van der Waals surface area contributed by atoms with Crippen LogP contribution in [0.4, 0.5) is 5.82 Å². The summed E-state index contributed by atoms with van der Waals surface area (Å²) in [6.07, 6.45) is 5.11. The Balaban J connectivity index is 1.65. The highest BCUT2D eigenvalue weighted by atomic mass is 16.3. The molecular formula is C28H25N5O2. The molecule has 0 fully saturated rings. The van der Waals surface area contributed by atoms with Crippen molar-refractivity contribution < 1.29 is 10.2 Å². The third-order valence-electron chi connectivity index (χ3n) is 5.90. The number of aliphatic hydroxyl groups is 2. The van der Waals surface area contributed by atoms with Gasteiger partial charge < -0.3 is 15.5 Å². The lowest BCUT2D eigenvalue weighted by atomic mass is 10.00. The summed E-state index contributed by atoms with van der Waals surface area (Å²) in [4.78, 5) is 18.5. The maximum Gasteiger partial charge on any atom is 0.163 e. The Labute approximate surface area is 203 Å². The van der Waals surface area contributed by atoms with Gasteiger partial charge in [-0.1, -0.05) is 48.5 Å². The number of anilines is 1. The number of aromatic nitrogens is 4. The molecule has 0 amide bonds. The largest absolute Gasteiger partial charge is 0.396 e. The van der Waals surface area contributed by atoms with Crippen molar-refractivity contribution in [3.8, 4) is 22.5 Å². The quantitative estimate of drug-likeness (QED) is 0.313. The molecule has 0 radical (unpaired) electrons. The molecule has 5 aromatic rings. The molecule has 0 unspecified atom stereocenters. The first-order chi connectivity index (χ1) is 17.3. The van der Waals surface area contributed by atoms with Crippen LogP contribution < -0.4 is 5.32 Å². The number of aliphatic hydroxyl groups excluding tert-OH is 2. The minimum absolute atomic E-state index is 0.169. The first-order valence-electron chi connectivity index (χ1n) is 11.4. The fourth-order valence-corrected chi connectivity index (χ4v) is 4.05. The topological polar surface area (TPSA) is 104 Å². The van der Waals surface area contributed by atoms with E-state index in [9.17, 15) is 10.2 Å². The molecule has 2 aromatic carbocycles. The zero-order valence-corrected chi connectivity index (χ0v) is 19.0. The van der Waals surface area contributed by atoms with Crippen molar-refractivity contribution in [2.24, 2.45) is 0 Å². The number of nitrogens with one attached hydrogen (secondary N) is 1. The molecular weight excluding hydrogens is 438 g/mol. The smallest absolute Gasteiger partial charge is 0.163 e. The molecule has 0 saturated heterocycles. The van der Waals surface area contributed by atoms with Gasteiger partial charge in [0.1, 0.15) is 5.82 Å². The van der Waals surface area contributed by atoms with Gasteiger partial charge in [-0.25, -0.2) is 9.97 Å². The standard InChI is InChI=1S/C28H25N5O2/c34-17-22(18-35)20-13-21(15-29-14-20)27-32-25-11-6-10-24(19-7-2-1-3-8-19)26(25)28(33-27)31-16-23-9-4-5-12-30-23/h1-15,22,34-35H,16-18H2,(H,31,32,33). The van der Waals surface area contributed by atoms with Crippen molar-refractivity contribution in [1.82, 2.24) is 19.9 Å². The predicted molar refractivity (Wildman–Crippen MR) is 137 cm³/mol. The van der Waals surface area contributed by atoms with Gasteiger partial charge >= 0.3 is 0 Å². The van der Waals surface area contributed by atoms with Crippen molar-refractivity contribution in [1.29, 1.82) is 0 Å². The van der Waals surface area contributed by atoms with Gasteiger partial charge in [0.15, 0.2) is 5.82 Å². The lowest BCUT2D eigenvalue weighted by Gasteiger charge is -2.15. The van der Waals surface area contributed by atoms with Crippen molar-refractivity contribution >= 4 is 16.7 Å². The SMILES string of the molecule is OCC(CO)c1cncc(-c2nc(NCc3ccccn3)c3c(-c4ccccc4)cccc3n2)c1. The molecule has 0 atom stereocenters. The van der Waals surface area contributed by atoms with Crippen LogP contribution in [0.5, 0.6) is 0 Å². The molecule has 0 spiro atoms. The van der Waals surface area contributed by atoms with E-state index in [0.717, 1.165) is 33.3 Å². The molecule has 0 bridgehead atoms. The van der Waals surface area contributed by atoms with Crippen molar-refractivity contribution in [3.63, 3.8) is 0 Å². The van der Waals surface area contributed by atoms with E-state index in [1.165, 1.54) is 0 Å². The second-order valence-electron chi connectivity index (χ2n) is 8.21. The zero-order valence-electron chi connectivity index (χ0n) is 19.0. The Bertz CT molecular complexity index is 1420. The normalized spacial score (nSPS) is 11.2. The molecule has 174 valence electrons. The van der Waals surface area contributed by atoms with Crippen LogP contribution in [-0.4, -0.2) is 43.4 Å². The van der Waals surface area contributed by atoms with Crippen LogP contribution >= 0.6 is 0 Å².